The third kappa shape index (κ3) is 5.83. The molecule has 1 atom stereocenters. The van der Waals surface area contributed by atoms with Gasteiger partial charge in [-0.25, -0.2) is 0 Å². The smallest absolute Gasteiger partial charge is 0.0462 e. The Morgan fingerprint density at radius 3 is 2.56 bits per heavy atom. The molecule has 0 amide bonds. The van der Waals surface area contributed by atoms with Crippen molar-refractivity contribution in [3.8, 4) is 0 Å². The summed E-state index contributed by atoms with van der Waals surface area (Å²) in [7, 11) is 1.75. The first kappa shape index (κ1) is 13.9. The van der Waals surface area contributed by atoms with E-state index in [1.54, 1.807) is 7.11 Å². The van der Waals surface area contributed by atoms with Crippen LogP contribution in [-0.2, 0) is 4.74 Å². The number of rotatable bonds is 9. The van der Waals surface area contributed by atoms with Crippen molar-refractivity contribution < 1.29 is 4.74 Å². The Kier molecular flexibility index (Phi) is 6.32. The fraction of sp³-hybridized carbons (Fsp3) is 1.00. The van der Waals surface area contributed by atoms with E-state index in [1.165, 1.54) is 19.4 Å². The molecule has 0 aromatic rings. The highest BCUT2D eigenvalue weighted by molar-refractivity contribution is 4.80. The SMILES string of the molecule is COCCCC(N)CN(CC1CC1)C(C)C. The van der Waals surface area contributed by atoms with E-state index in [4.69, 9.17) is 10.5 Å². The molecule has 1 rings (SSSR count). The second-order valence-electron chi connectivity index (χ2n) is 5.39. The molecule has 0 radical (unpaired) electrons. The van der Waals surface area contributed by atoms with Gasteiger partial charge < -0.3 is 10.5 Å². The molecule has 0 aromatic heterocycles. The summed E-state index contributed by atoms with van der Waals surface area (Å²) in [5.41, 5.74) is 6.15. The largest absolute Gasteiger partial charge is 0.385 e. The molecule has 2 N–H and O–H groups in total. The lowest BCUT2D eigenvalue weighted by atomic mass is 10.1. The normalized spacial score (nSPS) is 18.4. The fourth-order valence-corrected chi connectivity index (χ4v) is 2.01. The van der Waals surface area contributed by atoms with Crippen molar-refractivity contribution in [2.45, 2.75) is 51.6 Å². The van der Waals surface area contributed by atoms with Gasteiger partial charge >= 0.3 is 0 Å². The standard InChI is InChI=1S/C13H28N2O/c1-11(2)15(9-12-6-7-12)10-13(14)5-4-8-16-3/h11-13H,4-10,14H2,1-3H3. The van der Waals surface area contributed by atoms with E-state index in [0.717, 1.165) is 31.9 Å². The Morgan fingerprint density at radius 2 is 2.06 bits per heavy atom. The quantitative estimate of drug-likeness (QED) is 0.612. The maximum Gasteiger partial charge on any atom is 0.0462 e. The van der Waals surface area contributed by atoms with Crippen LogP contribution >= 0.6 is 0 Å². The fourth-order valence-electron chi connectivity index (χ4n) is 2.01. The van der Waals surface area contributed by atoms with Crippen LogP contribution in [0.3, 0.4) is 0 Å². The molecule has 0 aromatic carbocycles. The average molecular weight is 228 g/mol. The van der Waals surface area contributed by atoms with Gasteiger partial charge in [-0.2, -0.15) is 0 Å². The predicted molar refractivity (Wildman–Crippen MR) is 68.5 cm³/mol. The summed E-state index contributed by atoms with van der Waals surface area (Å²) in [6.07, 6.45) is 4.99. The monoisotopic (exact) mass is 228 g/mol. The van der Waals surface area contributed by atoms with Gasteiger partial charge in [-0.05, 0) is 45.4 Å². The van der Waals surface area contributed by atoms with Crippen LogP contribution in [0.15, 0.2) is 0 Å². The van der Waals surface area contributed by atoms with Crippen LogP contribution in [0.4, 0.5) is 0 Å². The van der Waals surface area contributed by atoms with Crippen molar-refractivity contribution in [1.29, 1.82) is 0 Å². The number of methoxy groups -OCH3 is 1. The van der Waals surface area contributed by atoms with Crippen LogP contribution in [0, 0.1) is 5.92 Å². The van der Waals surface area contributed by atoms with Crippen LogP contribution in [0.2, 0.25) is 0 Å². The topological polar surface area (TPSA) is 38.5 Å². The lowest BCUT2D eigenvalue weighted by Crippen LogP contribution is -2.42. The molecule has 1 saturated carbocycles. The van der Waals surface area contributed by atoms with E-state index in [-0.39, 0.29) is 0 Å². The summed E-state index contributed by atoms with van der Waals surface area (Å²) in [4.78, 5) is 2.54. The van der Waals surface area contributed by atoms with Gasteiger partial charge in [0, 0.05) is 38.9 Å². The molecule has 1 unspecified atom stereocenters. The van der Waals surface area contributed by atoms with Gasteiger partial charge in [0.15, 0.2) is 0 Å². The van der Waals surface area contributed by atoms with Crippen molar-refractivity contribution >= 4 is 0 Å². The zero-order chi connectivity index (χ0) is 12.0. The third-order valence-electron chi connectivity index (χ3n) is 3.31. The summed E-state index contributed by atoms with van der Waals surface area (Å²) >= 11 is 0. The number of nitrogens with two attached hydrogens (primary N) is 1. The maximum atomic E-state index is 6.15. The first-order valence-corrected chi connectivity index (χ1v) is 6.62. The van der Waals surface area contributed by atoms with E-state index in [2.05, 4.69) is 18.7 Å². The van der Waals surface area contributed by atoms with Crippen LogP contribution in [-0.4, -0.2) is 43.8 Å². The number of ether oxygens (including phenoxy) is 1. The molecule has 0 heterocycles. The average Bonchev–Trinajstić information content (AvgIpc) is 3.01. The van der Waals surface area contributed by atoms with Gasteiger partial charge in [-0.1, -0.05) is 0 Å². The van der Waals surface area contributed by atoms with Crippen LogP contribution in [0.5, 0.6) is 0 Å². The lowest BCUT2D eigenvalue weighted by molar-refractivity contribution is 0.174. The summed E-state index contributed by atoms with van der Waals surface area (Å²) in [5.74, 6) is 0.952. The first-order chi connectivity index (χ1) is 7.63. The molecule has 0 bridgehead atoms. The first-order valence-electron chi connectivity index (χ1n) is 6.62. The Bertz CT molecular complexity index is 181. The van der Waals surface area contributed by atoms with Crippen LogP contribution in [0.25, 0.3) is 0 Å². The summed E-state index contributed by atoms with van der Waals surface area (Å²) in [6.45, 7) is 7.65. The van der Waals surface area contributed by atoms with E-state index in [0.29, 0.717) is 12.1 Å². The van der Waals surface area contributed by atoms with Gasteiger partial charge in [-0.3, -0.25) is 4.90 Å². The van der Waals surface area contributed by atoms with E-state index >= 15 is 0 Å². The number of nitrogens with zero attached hydrogens (tertiary/aromatic N) is 1. The van der Waals surface area contributed by atoms with Gasteiger partial charge in [0.1, 0.15) is 0 Å². The molecule has 1 aliphatic carbocycles. The predicted octanol–water partition coefficient (Wildman–Crippen LogP) is 1.86. The molecule has 0 saturated heterocycles. The highest BCUT2D eigenvalue weighted by Gasteiger charge is 2.26. The van der Waals surface area contributed by atoms with Gasteiger partial charge in [0.2, 0.25) is 0 Å². The van der Waals surface area contributed by atoms with Crippen molar-refractivity contribution in [2.75, 3.05) is 26.8 Å². The second kappa shape index (κ2) is 7.25. The van der Waals surface area contributed by atoms with Crippen molar-refractivity contribution in [3.05, 3.63) is 0 Å². The van der Waals surface area contributed by atoms with Crippen LogP contribution < -0.4 is 5.73 Å². The Hall–Kier alpha value is -0.120. The van der Waals surface area contributed by atoms with Gasteiger partial charge in [0.05, 0.1) is 0 Å². The molecule has 16 heavy (non-hydrogen) atoms. The Labute approximate surface area is 100 Å². The van der Waals surface area contributed by atoms with Crippen molar-refractivity contribution in [2.24, 2.45) is 11.7 Å². The molecule has 0 aliphatic heterocycles. The summed E-state index contributed by atoms with van der Waals surface area (Å²) in [6, 6.07) is 0.922. The Balaban J connectivity index is 2.18. The number of hydrogen-bond acceptors (Lipinski definition) is 3. The summed E-state index contributed by atoms with van der Waals surface area (Å²) < 4.78 is 5.05. The van der Waals surface area contributed by atoms with Crippen molar-refractivity contribution in [1.82, 2.24) is 4.90 Å². The van der Waals surface area contributed by atoms with E-state index < -0.39 is 0 Å². The minimum atomic E-state index is 0.302. The van der Waals surface area contributed by atoms with Gasteiger partial charge in [-0.15, -0.1) is 0 Å². The minimum absolute atomic E-state index is 0.302. The highest BCUT2D eigenvalue weighted by atomic mass is 16.5. The molecule has 1 aliphatic rings. The van der Waals surface area contributed by atoms with Gasteiger partial charge in [0.25, 0.3) is 0 Å². The van der Waals surface area contributed by atoms with E-state index in [1.807, 2.05) is 0 Å². The zero-order valence-corrected chi connectivity index (χ0v) is 11.1. The van der Waals surface area contributed by atoms with Crippen molar-refractivity contribution in [3.63, 3.8) is 0 Å². The minimum Gasteiger partial charge on any atom is -0.385 e. The second-order valence-corrected chi connectivity index (χ2v) is 5.39. The van der Waals surface area contributed by atoms with Crippen LogP contribution in [0.1, 0.15) is 39.5 Å². The molecule has 96 valence electrons. The maximum absolute atomic E-state index is 6.15. The molecule has 0 spiro atoms. The lowest BCUT2D eigenvalue weighted by Gasteiger charge is -2.29. The van der Waals surface area contributed by atoms with E-state index in [9.17, 15) is 0 Å². The third-order valence-corrected chi connectivity index (χ3v) is 3.31. The molecule has 3 heteroatoms. The zero-order valence-electron chi connectivity index (χ0n) is 11.1. The Morgan fingerprint density at radius 1 is 1.38 bits per heavy atom. The molecule has 3 nitrogen and oxygen atoms in total. The summed E-state index contributed by atoms with van der Waals surface area (Å²) in [5, 5.41) is 0. The molecular formula is C13H28N2O. The highest BCUT2D eigenvalue weighted by Crippen LogP contribution is 2.30. The number of hydrogen-bond donors (Lipinski definition) is 1. The molecular weight excluding hydrogens is 200 g/mol. The molecule has 1 fully saturated rings.